The van der Waals surface area contributed by atoms with Gasteiger partial charge < -0.3 is 4.90 Å². The third kappa shape index (κ3) is 4.14. The molecule has 6 nitrogen and oxygen atoms in total. The molecule has 2 aromatic carbocycles. The molecule has 0 aliphatic carbocycles. The molecule has 0 spiro atoms. The van der Waals surface area contributed by atoms with Crippen LogP contribution in [0.1, 0.15) is 49.0 Å². The molecule has 2 aliphatic heterocycles. The first-order chi connectivity index (χ1) is 15.9. The van der Waals surface area contributed by atoms with Crippen molar-refractivity contribution >= 4 is 35.1 Å². The fraction of sp³-hybridized carbons (Fsp3) is 0.304. The maximum atomic E-state index is 14.5. The Labute approximate surface area is 190 Å². The van der Waals surface area contributed by atoms with Crippen LogP contribution in [0.2, 0.25) is 5.02 Å². The molecule has 166 valence electrons. The third-order valence-electron chi connectivity index (χ3n) is 5.43. The highest BCUT2D eigenvalue weighted by Gasteiger charge is 2.41. The van der Waals surface area contributed by atoms with Crippen LogP contribution in [0.15, 0.2) is 42.5 Å². The molecule has 1 unspecified atom stereocenters. The van der Waals surface area contributed by atoms with Crippen molar-refractivity contribution in [1.82, 2.24) is 10.2 Å². The number of rotatable bonds is 6. The average Bonchev–Trinajstić information content (AvgIpc) is 3.12. The zero-order chi connectivity index (χ0) is 24.8. The Hall–Kier alpha value is -3.13. The first kappa shape index (κ1) is 19.5. The van der Waals surface area contributed by atoms with Crippen LogP contribution in [-0.4, -0.2) is 34.4 Å². The number of carbonyl (C=O) groups is 4. The summed E-state index contributed by atoms with van der Waals surface area (Å²) >= 11 is 5.71. The van der Waals surface area contributed by atoms with Crippen LogP contribution in [0.5, 0.6) is 0 Å². The Morgan fingerprint density at radius 1 is 1.22 bits per heavy atom. The van der Waals surface area contributed by atoms with Crippen LogP contribution < -0.4 is 5.32 Å². The highest BCUT2D eigenvalue weighted by atomic mass is 35.5. The lowest BCUT2D eigenvalue weighted by molar-refractivity contribution is -0.144. The first-order valence-electron chi connectivity index (χ1n) is 10.9. The van der Waals surface area contributed by atoms with Crippen molar-refractivity contribution in [3.05, 3.63) is 69.7 Å². The molecular weight excluding hydrogens is 442 g/mol. The van der Waals surface area contributed by atoms with E-state index in [-0.39, 0.29) is 23.6 Å². The number of hydrogen-bond acceptors (Lipinski definition) is 4. The molecule has 2 atom stereocenters. The quantitative estimate of drug-likeness (QED) is 0.667. The predicted molar refractivity (Wildman–Crippen MR) is 111 cm³/mol. The van der Waals surface area contributed by atoms with E-state index < -0.39 is 60.2 Å². The molecule has 0 aromatic heterocycles. The summed E-state index contributed by atoms with van der Waals surface area (Å²) in [5.74, 6) is -7.30. The number of benzene rings is 2. The summed E-state index contributed by atoms with van der Waals surface area (Å²) in [6.07, 6.45) is -2.32. The Balaban J connectivity index is 1.48. The van der Waals surface area contributed by atoms with E-state index in [1.165, 1.54) is 24.3 Å². The van der Waals surface area contributed by atoms with Crippen molar-refractivity contribution in [3.8, 4) is 0 Å². The van der Waals surface area contributed by atoms with Gasteiger partial charge in [0.25, 0.3) is 5.91 Å². The van der Waals surface area contributed by atoms with Gasteiger partial charge in [0, 0.05) is 36.9 Å². The molecule has 2 aliphatic rings. The van der Waals surface area contributed by atoms with E-state index in [1.54, 1.807) is 6.07 Å². The van der Waals surface area contributed by atoms with E-state index >= 15 is 0 Å². The highest BCUT2D eigenvalue weighted by Crippen LogP contribution is 2.32. The largest absolute Gasteiger partial charge is 0.330 e. The lowest BCUT2D eigenvalue weighted by Gasteiger charge is -2.29. The van der Waals surface area contributed by atoms with E-state index in [9.17, 15) is 28.0 Å². The molecule has 4 rings (SSSR count). The molecule has 1 N–H and O–H groups in total. The number of Topliss-reactive ketones (excluding diaryl/α,β-unsaturated/α-hetero) is 1. The van der Waals surface area contributed by atoms with Gasteiger partial charge in [-0.3, -0.25) is 24.5 Å². The molecule has 1 saturated heterocycles. The standard InChI is InChI=1S/C23H19ClF2N2O4/c24-16-5-3-15(4-6-16)23(25,26)19(29)9-2-13-1-7-17-14(11-13)12-28(22(17)32)18-8-10-20(30)27-21(18)31/h1,3-7,11,18H,2,8-10,12H2,(H,27,30,31)/t18-/m1/s1/i8D,18D/t8?,18-. The molecule has 9 heteroatoms. The van der Waals surface area contributed by atoms with Crippen LogP contribution in [0.4, 0.5) is 8.78 Å². The molecule has 2 aromatic rings. The number of ketones is 1. The van der Waals surface area contributed by atoms with Crippen LogP contribution in [-0.2, 0) is 33.3 Å². The van der Waals surface area contributed by atoms with E-state index in [2.05, 4.69) is 0 Å². The van der Waals surface area contributed by atoms with Gasteiger partial charge in [-0.2, -0.15) is 8.78 Å². The average molecular weight is 463 g/mol. The molecular formula is C23H19ClF2N2O4. The Bertz CT molecular complexity index is 1210. The minimum absolute atomic E-state index is 0.00837. The second kappa shape index (κ2) is 8.43. The topological polar surface area (TPSA) is 83.6 Å². The number of halogens is 3. The number of alkyl halides is 2. The number of piperidine rings is 1. The number of carbonyl (C=O) groups excluding carboxylic acids is 4. The lowest BCUT2D eigenvalue weighted by Crippen LogP contribution is -2.52. The maximum Gasteiger partial charge on any atom is 0.330 e. The van der Waals surface area contributed by atoms with E-state index in [0.29, 0.717) is 11.1 Å². The second-order valence-electron chi connectivity index (χ2n) is 7.56. The number of fused-ring (bicyclic) bond motifs is 1. The smallest absolute Gasteiger partial charge is 0.322 e. The molecule has 0 radical (unpaired) electrons. The second-order valence-corrected chi connectivity index (χ2v) is 7.99. The Morgan fingerprint density at radius 2 is 1.94 bits per heavy atom. The van der Waals surface area contributed by atoms with Gasteiger partial charge in [0.1, 0.15) is 6.02 Å². The normalized spacial score (nSPS) is 24.0. The van der Waals surface area contributed by atoms with Crippen molar-refractivity contribution in [3.63, 3.8) is 0 Å². The van der Waals surface area contributed by atoms with Crippen LogP contribution >= 0.6 is 11.6 Å². The summed E-state index contributed by atoms with van der Waals surface area (Å²) in [7, 11) is 0. The first-order valence-corrected chi connectivity index (χ1v) is 10.2. The number of amides is 3. The van der Waals surface area contributed by atoms with Gasteiger partial charge in [-0.15, -0.1) is 0 Å². The summed E-state index contributed by atoms with van der Waals surface area (Å²) in [5.41, 5.74) is 0.735. The fourth-order valence-electron chi connectivity index (χ4n) is 3.72. The fourth-order valence-corrected chi connectivity index (χ4v) is 3.84. The Morgan fingerprint density at radius 3 is 2.62 bits per heavy atom. The number of imide groups is 1. The van der Waals surface area contributed by atoms with Crippen LogP contribution in [0, 0.1) is 0 Å². The van der Waals surface area contributed by atoms with Gasteiger partial charge in [0.15, 0.2) is 0 Å². The van der Waals surface area contributed by atoms with Crippen molar-refractivity contribution in [2.24, 2.45) is 0 Å². The van der Waals surface area contributed by atoms with Crippen LogP contribution in [0.25, 0.3) is 0 Å². The van der Waals surface area contributed by atoms with Gasteiger partial charge in [0.05, 0.1) is 1.37 Å². The van der Waals surface area contributed by atoms with Crippen molar-refractivity contribution < 1.29 is 30.7 Å². The summed E-state index contributed by atoms with van der Waals surface area (Å²) in [6, 6.07) is 7.02. The van der Waals surface area contributed by atoms with E-state index in [1.807, 2.05) is 5.32 Å². The molecule has 2 heterocycles. The molecule has 3 amide bonds. The highest BCUT2D eigenvalue weighted by molar-refractivity contribution is 6.30. The molecule has 1 fully saturated rings. The summed E-state index contributed by atoms with van der Waals surface area (Å²) in [5, 5.41) is 2.28. The zero-order valence-corrected chi connectivity index (χ0v) is 17.4. The van der Waals surface area contributed by atoms with Crippen LogP contribution in [0.3, 0.4) is 0 Å². The van der Waals surface area contributed by atoms with Gasteiger partial charge in [-0.1, -0.05) is 35.9 Å². The zero-order valence-electron chi connectivity index (χ0n) is 18.7. The van der Waals surface area contributed by atoms with E-state index in [4.69, 9.17) is 14.3 Å². The number of hydrogen-bond donors (Lipinski definition) is 1. The lowest BCUT2D eigenvalue weighted by atomic mass is 9.97. The maximum absolute atomic E-state index is 14.5. The van der Waals surface area contributed by atoms with Crippen molar-refractivity contribution in [2.45, 2.75) is 44.1 Å². The molecule has 32 heavy (non-hydrogen) atoms. The Kier molecular flexibility index (Phi) is 5.15. The van der Waals surface area contributed by atoms with Crippen molar-refractivity contribution in [1.29, 1.82) is 0 Å². The van der Waals surface area contributed by atoms with Gasteiger partial charge in [-0.05, 0) is 42.1 Å². The third-order valence-corrected chi connectivity index (χ3v) is 5.68. The predicted octanol–water partition coefficient (Wildman–Crippen LogP) is 3.39. The number of nitrogens with zero attached hydrogens (tertiary/aromatic N) is 1. The van der Waals surface area contributed by atoms with Gasteiger partial charge in [0.2, 0.25) is 17.6 Å². The SMILES string of the molecule is [2H]C1CC(=O)NC(=O)[C@]1([2H])N1Cc2cc(CCC(=O)C(F)(F)c3ccc(Cl)cc3)ccc2C1=O. The summed E-state index contributed by atoms with van der Waals surface area (Å²) in [6.45, 7) is -0.155. The molecule has 0 saturated carbocycles. The number of aryl methyl sites for hydroxylation is 1. The molecule has 0 bridgehead atoms. The van der Waals surface area contributed by atoms with Gasteiger partial charge >= 0.3 is 5.92 Å². The van der Waals surface area contributed by atoms with Gasteiger partial charge in [-0.25, -0.2) is 0 Å². The number of nitrogens with one attached hydrogen (secondary N) is 1. The van der Waals surface area contributed by atoms with E-state index in [0.717, 1.165) is 17.0 Å². The minimum Gasteiger partial charge on any atom is -0.322 e. The van der Waals surface area contributed by atoms with Crippen molar-refractivity contribution in [2.75, 3.05) is 0 Å². The minimum atomic E-state index is -3.68. The monoisotopic (exact) mass is 462 g/mol. The summed E-state index contributed by atoms with van der Waals surface area (Å²) in [4.78, 5) is 49.9. The summed E-state index contributed by atoms with van der Waals surface area (Å²) < 4.78 is 45.6.